The zero-order chi connectivity index (χ0) is 15.7. The second-order valence-corrected chi connectivity index (χ2v) is 5.88. The first kappa shape index (κ1) is 15.3. The van der Waals surface area contributed by atoms with Crippen molar-refractivity contribution in [1.82, 2.24) is 9.36 Å². The summed E-state index contributed by atoms with van der Waals surface area (Å²) in [6.07, 6.45) is 0. The Morgan fingerprint density at radius 1 is 1.36 bits per heavy atom. The van der Waals surface area contributed by atoms with Crippen molar-refractivity contribution >= 4 is 28.6 Å². The predicted molar refractivity (Wildman–Crippen MR) is 80.6 cm³/mol. The first-order valence-corrected chi connectivity index (χ1v) is 7.76. The number of nitrogens with zero attached hydrogens (tertiary/aromatic N) is 3. The fourth-order valence-corrected chi connectivity index (χ4v) is 3.28. The summed E-state index contributed by atoms with van der Waals surface area (Å²) in [6.45, 7) is 1.90. The van der Waals surface area contributed by atoms with E-state index in [1.807, 2.05) is 0 Å². The van der Waals surface area contributed by atoms with E-state index in [4.69, 9.17) is 21.1 Å². The van der Waals surface area contributed by atoms with Crippen LogP contribution in [0.4, 0.5) is 10.1 Å². The lowest BCUT2D eigenvalue weighted by Crippen LogP contribution is -2.27. The van der Waals surface area contributed by atoms with Crippen LogP contribution in [-0.4, -0.2) is 29.7 Å². The Morgan fingerprint density at radius 2 is 2.09 bits per heavy atom. The normalized spacial score (nSPS) is 15.5. The Kier molecular flexibility index (Phi) is 4.32. The smallest absolute Gasteiger partial charge is 0.325 e. The Bertz CT molecular complexity index is 827. The van der Waals surface area contributed by atoms with Gasteiger partial charge in [-0.2, -0.15) is 0 Å². The maximum atomic E-state index is 14.0. The minimum atomic E-state index is -0.573. The first-order chi connectivity index (χ1) is 10.6. The van der Waals surface area contributed by atoms with Crippen molar-refractivity contribution in [3.63, 3.8) is 0 Å². The lowest BCUT2D eigenvalue weighted by molar-refractivity contribution is 0.137. The first-order valence-electron chi connectivity index (χ1n) is 6.56. The molecular formula is C13H13ClFN3O3S. The third kappa shape index (κ3) is 2.81. The van der Waals surface area contributed by atoms with Gasteiger partial charge in [-0.15, -0.1) is 0 Å². The van der Waals surface area contributed by atoms with Crippen LogP contribution in [0, 0.1) is 5.82 Å². The molecule has 0 bridgehead atoms. The molecule has 0 amide bonds. The van der Waals surface area contributed by atoms with Crippen LogP contribution in [0.3, 0.4) is 0 Å². The van der Waals surface area contributed by atoms with E-state index < -0.39 is 5.82 Å². The number of benzene rings is 1. The van der Waals surface area contributed by atoms with Crippen LogP contribution in [0.15, 0.2) is 21.9 Å². The van der Waals surface area contributed by atoms with Crippen molar-refractivity contribution < 1.29 is 13.9 Å². The van der Waals surface area contributed by atoms with Gasteiger partial charge >= 0.3 is 4.87 Å². The molecular weight excluding hydrogens is 333 g/mol. The van der Waals surface area contributed by atoms with Crippen molar-refractivity contribution in [2.45, 2.75) is 13.1 Å². The molecule has 0 aliphatic carbocycles. The van der Waals surface area contributed by atoms with Gasteiger partial charge in [-0.05, 0) is 17.4 Å². The van der Waals surface area contributed by atoms with Gasteiger partial charge in [0.25, 0.3) is 0 Å². The van der Waals surface area contributed by atoms with E-state index in [1.165, 1.54) is 13.2 Å². The molecule has 0 saturated heterocycles. The number of aromatic nitrogens is 2. The van der Waals surface area contributed by atoms with E-state index in [0.29, 0.717) is 36.9 Å². The molecule has 22 heavy (non-hydrogen) atoms. The van der Waals surface area contributed by atoms with Crippen molar-refractivity contribution in [3.8, 4) is 5.75 Å². The molecule has 1 aliphatic heterocycles. The summed E-state index contributed by atoms with van der Waals surface area (Å²) < 4.78 is 27.7. The number of hydrogen-bond acceptors (Lipinski definition) is 5. The van der Waals surface area contributed by atoms with Gasteiger partial charge in [0.2, 0.25) is 4.80 Å². The molecule has 0 fully saturated rings. The molecule has 9 heteroatoms. The standard InChI is InChI=1S/C13H13ClFN3O3S/c1-20-11-7-10(9(15)6-8(11)14)16-12-17-2-4-21-5-3-18(17)13(19)22-12/h6-7H,2-5H2,1H3. The van der Waals surface area contributed by atoms with Gasteiger partial charge in [-0.3, -0.25) is 9.48 Å². The van der Waals surface area contributed by atoms with Gasteiger partial charge in [-0.1, -0.05) is 11.6 Å². The van der Waals surface area contributed by atoms with Crippen LogP contribution in [0.2, 0.25) is 5.02 Å². The average molecular weight is 346 g/mol. The summed E-state index contributed by atoms with van der Waals surface area (Å²) >= 11 is 6.83. The minimum absolute atomic E-state index is 0.0727. The fourth-order valence-electron chi connectivity index (χ4n) is 2.16. The summed E-state index contributed by atoms with van der Waals surface area (Å²) in [6, 6.07) is 2.55. The van der Waals surface area contributed by atoms with Gasteiger partial charge < -0.3 is 9.47 Å². The third-order valence-electron chi connectivity index (χ3n) is 3.23. The van der Waals surface area contributed by atoms with Crippen LogP contribution in [0.25, 0.3) is 0 Å². The van der Waals surface area contributed by atoms with Crippen LogP contribution < -0.4 is 14.4 Å². The number of hydrogen-bond donors (Lipinski definition) is 0. The van der Waals surface area contributed by atoms with Crippen molar-refractivity contribution in [2.75, 3.05) is 20.3 Å². The molecule has 1 aliphatic rings. The van der Waals surface area contributed by atoms with E-state index in [-0.39, 0.29) is 15.6 Å². The molecule has 1 aromatic heterocycles. The summed E-state index contributed by atoms with van der Waals surface area (Å²) in [5.74, 6) is -0.247. The molecule has 0 radical (unpaired) electrons. The Balaban J connectivity index is 2.16. The Labute approximate surface area is 134 Å². The molecule has 2 aromatic rings. The zero-order valence-electron chi connectivity index (χ0n) is 11.7. The van der Waals surface area contributed by atoms with Gasteiger partial charge in [0.05, 0.1) is 38.4 Å². The number of ether oxygens (including phenoxy) is 2. The summed E-state index contributed by atoms with van der Waals surface area (Å²) in [4.78, 5) is 16.5. The highest BCUT2D eigenvalue weighted by Crippen LogP contribution is 2.31. The second-order valence-electron chi connectivity index (χ2n) is 4.56. The van der Waals surface area contributed by atoms with Gasteiger partial charge in [0.15, 0.2) is 5.82 Å². The third-order valence-corrected chi connectivity index (χ3v) is 4.40. The zero-order valence-corrected chi connectivity index (χ0v) is 13.3. The maximum Gasteiger partial charge on any atom is 0.325 e. The average Bonchev–Trinajstić information content (AvgIpc) is 2.68. The monoisotopic (exact) mass is 345 g/mol. The molecule has 2 heterocycles. The number of methoxy groups -OCH3 is 1. The highest BCUT2D eigenvalue weighted by Gasteiger charge is 2.14. The van der Waals surface area contributed by atoms with Crippen LogP contribution in [0.5, 0.6) is 5.75 Å². The molecule has 3 rings (SSSR count). The molecule has 6 nitrogen and oxygen atoms in total. The molecule has 1 aromatic carbocycles. The number of rotatable bonds is 2. The van der Waals surface area contributed by atoms with E-state index in [1.54, 1.807) is 9.36 Å². The Morgan fingerprint density at radius 3 is 2.82 bits per heavy atom. The molecule has 0 atom stereocenters. The van der Waals surface area contributed by atoms with E-state index in [0.717, 1.165) is 17.4 Å². The van der Waals surface area contributed by atoms with Gasteiger partial charge in [-0.25, -0.2) is 14.1 Å². The number of halogens is 2. The van der Waals surface area contributed by atoms with Gasteiger partial charge in [0.1, 0.15) is 11.4 Å². The van der Waals surface area contributed by atoms with Gasteiger partial charge in [0, 0.05) is 6.07 Å². The van der Waals surface area contributed by atoms with E-state index in [9.17, 15) is 9.18 Å². The topological polar surface area (TPSA) is 57.8 Å². The number of fused-ring (bicyclic) bond motifs is 1. The second kappa shape index (κ2) is 6.23. The lowest BCUT2D eigenvalue weighted by Gasteiger charge is -2.06. The largest absolute Gasteiger partial charge is 0.495 e. The van der Waals surface area contributed by atoms with Crippen molar-refractivity contribution in [1.29, 1.82) is 0 Å². The van der Waals surface area contributed by atoms with Crippen molar-refractivity contribution in [3.05, 3.63) is 37.4 Å². The summed E-state index contributed by atoms with van der Waals surface area (Å²) in [5.41, 5.74) is 0.0727. The molecule has 0 spiro atoms. The van der Waals surface area contributed by atoms with Crippen molar-refractivity contribution in [2.24, 2.45) is 4.99 Å². The van der Waals surface area contributed by atoms with Crippen LogP contribution in [-0.2, 0) is 17.8 Å². The molecule has 118 valence electrons. The quantitative estimate of drug-likeness (QED) is 0.833. The summed E-state index contributed by atoms with van der Waals surface area (Å²) in [7, 11) is 1.44. The van der Waals surface area contributed by atoms with E-state index in [2.05, 4.69) is 4.99 Å². The van der Waals surface area contributed by atoms with Crippen LogP contribution in [0.1, 0.15) is 0 Å². The van der Waals surface area contributed by atoms with E-state index >= 15 is 0 Å². The molecule has 0 saturated carbocycles. The maximum absolute atomic E-state index is 14.0. The SMILES string of the molecule is COc1cc(N=c2sc(=O)n3n2CCOCC3)c(F)cc1Cl. The highest BCUT2D eigenvalue weighted by molar-refractivity contribution is 7.06. The van der Waals surface area contributed by atoms with Crippen LogP contribution >= 0.6 is 22.9 Å². The fraction of sp³-hybridized carbons (Fsp3) is 0.385. The predicted octanol–water partition coefficient (Wildman–Crippen LogP) is 1.77. The Hall–Kier alpha value is -1.64. The summed E-state index contributed by atoms with van der Waals surface area (Å²) in [5, 5.41) is 0.170. The molecule has 0 unspecified atom stereocenters. The molecule has 0 N–H and O–H groups in total. The lowest BCUT2D eigenvalue weighted by atomic mass is 10.3. The minimum Gasteiger partial charge on any atom is -0.495 e. The highest BCUT2D eigenvalue weighted by atomic mass is 35.5.